The van der Waals surface area contributed by atoms with Crippen LogP contribution in [-0.4, -0.2) is 10.2 Å². The van der Waals surface area contributed by atoms with Crippen LogP contribution in [-0.2, 0) is 0 Å². The Hall–Kier alpha value is -0.860. The molecule has 0 bridgehead atoms. The largest absolute Gasteiger partial charge is 0.428 e. The van der Waals surface area contributed by atoms with E-state index >= 15 is 0 Å². The van der Waals surface area contributed by atoms with Crippen molar-refractivity contribution < 1.29 is 4.42 Å². The lowest BCUT2D eigenvalue weighted by Gasteiger charge is -2.04. The summed E-state index contributed by atoms with van der Waals surface area (Å²) in [6.45, 7) is 4.25. The Kier molecular flexibility index (Phi) is 2.42. The molecule has 0 saturated carbocycles. The Balaban J connectivity index is 2.64. The highest BCUT2D eigenvalue weighted by atomic mass is 16.4. The first kappa shape index (κ1) is 7.25. The highest BCUT2D eigenvalue weighted by Crippen LogP contribution is 2.19. The van der Waals surface area contributed by atoms with Crippen LogP contribution in [0.1, 0.15) is 38.5 Å². The Morgan fingerprint density at radius 1 is 1.50 bits per heavy atom. The zero-order chi connectivity index (χ0) is 7.40. The lowest BCUT2D eigenvalue weighted by Crippen LogP contribution is -1.94. The summed E-state index contributed by atoms with van der Waals surface area (Å²) < 4.78 is 5.06. The third-order valence-electron chi connectivity index (χ3n) is 1.71. The molecule has 56 valence electrons. The second kappa shape index (κ2) is 3.34. The highest BCUT2D eigenvalue weighted by molar-refractivity contribution is 4.85. The van der Waals surface area contributed by atoms with Crippen LogP contribution < -0.4 is 0 Å². The number of hydrogen-bond donors (Lipinski definition) is 0. The molecular formula is C7H12N2O. The minimum absolute atomic E-state index is 0.447. The molecule has 3 heteroatoms. The van der Waals surface area contributed by atoms with Crippen molar-refractivity contribution in [2.75, 3.05) is 0 Å². The van der Waals surface area contributed by atoms with Gasteiger partial charge in [-0.3, -0.25) is 0 Å². The van der Waals surface area contributed by atoms with Crippen LogP contribution in [0.4, 0.5) is 0 Å². The van der Waals surface area contributed by atoms with Crippen LogP contribution in [0.5, 0.6) is 0 Å². The zero-order valence-electron chi connectivity index (χ0n) is 6.37. The molecule has 1 rings (SSSR count). The fourth-order valence-electron chi connectivity index (χ4n) is 0.997. The Labute approximate surface area is 60.5 Å². The molecule has 0 fully saturated rings. The van der Waals surface area contributed by atoms with E-state index in [1.807, 2.05) is 0 Å². The van der Waals surface area contributed by atoms with E-state index in [1.54, 1.807) is 0 Å². The van der Waals surface area contributed by atoms with Gasteiger partial charge in [-0.25, -0.2) is 0 Å². The minimum atomic E-state index is 0.447. The first-order chi connectivity index (χ1) is 4.88. The maximum absolute atomic E-state index is 5.06. The summed E-state index contributed by atoms with van der Waals surface area (Å²) in [5, 5.41) is 7.46. The average Bonchev–Trinajstić information content (AvgIpc) is 2.43. The third kappa shape index (κ3) is 1.35. The number of rotatable bonds is 3. The second-order valence-corrected chi connectivity index (χ2v) is 2.29. The highest BCUT2D eigenvalue weighted by Gasteiger charge is 2.10. The summed E-state index contributed by atoms with van der Waals surface area (Å²) in [6.07, 6.45) is 3.52. The zero-order valence-corrected chi connectivity index (χ0v) is 6.37. The van der Waals surface area contributed by atoms with Gasteiger partial charge in [0.05, 0.1) is 0 Å². The molecule has 0 N–H and O–H groups in total. The Morgan fingerprint density at radius 2 is 2.20 bits per heavy atom. The first-order valence-electron chi connectivity index (χ1n) is 3.64. The molecule has 0 spiro atoms. The summed E-state index contributed by atoms with van der Waals surface area (Å²) in [4.78, 5) is 0. The standard InChI is InChI=1S/C7H12N2O/c1-3-6(4-2)7-9-8-5-10-7/h5-6H,3-4H2,1-2H3. The normalized spacial score (nSPS) is 10.7. The fourth-order valence-corrected chi connectivity index (χ4v) is 0.997. The summed E-state index contributed by atoms with van der Waals surface area (Å²) >= 11 is 0. The minimum Gasteiger partial charge on any atom is -0.428 e. The van der Waals surface area contributed by atoms with E-state index in [-0.39, 0.29) is 0 Å². The van der Waals surface area contributed by atoms with E-state index in [4.69, 9.17) is 4.42 Å². The second-order valence-electron chi connectivity index (χ2n) is 2.29. The molecule has 1 aromatic rings. The predicted molar refractivity (Wildman–Crippen MR) is 37.6 cm³/mol. The quantitative estimate of drug-likeness (QED) is 0.644. The monoisotopic (exact) mass is 140 g/mol. The molecule has 0 atom stereocenters. The molecule has 1 heterocycles. The Bertz CT molecular complexity index is 168. The molecular weight excluding hydrogens is 128 g/mol. The van der Waals surface area contributed by atoms with Gasteiger partial charge >= 0.3 is 0 Å². The molecule has 0 aromatic carbocycles. The van der Waals surface area contributed by atoms with Gasteiger partial charge in [0.25, 0.3) is 0 Å². The van der Waals surface area contributed by atoms with Crippen molar-refractivity contribution in [2.24, 2.45) is 0 Å². The summed E-state index contributed by atoms with van der Waals surface area (Å²) in [5.74, 6) is 1.22. The van der Waals surface area contributed by atoms with E-state index < -0.39 is 0 Å². The molecule has 0 aliphatic heterocycles. The number of hydrogen-bond acceptors (Lipinski definition) is 3. The van der Waals surface area contributed by atoms with Gasteiger partial charge in [0.15, 0.2) is 0 Å². The van der Waals surface area contributed by atoms with Gasteiger partial charge in [-0.05, 0) is 12.8 Å². The van der Waals surface area contributed by atoms with Crippen LogP contribution in [0.15, 0.2) is 10.8 Å². The summed E-state index contributed by atoms with van der Waals surface area (Å²) in [5.41, 5.74) is 0. The van der Waals surface area contributed by atoms with Crippen molar-refractivity contribution in [1.29, 1.82) is 0 Å². The molecule has 10 heavy (non-hydrogen) atoms. The van der Waals surface area contributed by atoms with Gasteiger partial charge in [-0.2, -0.15) is 0 Å². The molecule has 1 aromatic heterocycles. The predicted octanol–water partition coefficient (Wildman–Crippen LogP) is 1.97. The molecule has 0 radical (unpaired) electrons. The lowest BCUT2D eigenvalue weighted by molar-refractivity contribution is 0.431. The molecule has 3 nitrogen and oxygen atoms in total. The topological polar surface area (TPSA) is 38.9 Å². The van der Waals surface area contributed by atoms with Gasteiger partial charge in [-0.1, -0.05) is 13.8 Å². The molecule has 0 aliphatic carbocycles. The van der Waals surface area contributed by atoms with E-state index in [2.05, 4.69) is 24.0 Å². The van der Waals surface area contributed by atoms with Gasteiger partial charge in [-0.15, -0.1) is 10.2 Å². The maximum Gasteiger partial charge on any atom is 0.219 e. The fraction of sp³-hybridized carbons (Fsp3) is 0.714. The average molecular weight is 140 g/mol. The van der Waals surface area contributed by atoms with Crippen LogP contribution in [0.2, 0.25) is 0 Å². The maximum atomic E-state index is 5.06. The van der Waals surface area contributed by atoms with Crippen molar-refractivity contribution >= 4 is 0 Å². The van der Waals surface area contributed by atoms with Gasteiger partial charge in [0.1, 0.15) is 0 Å². The summed E-state index contributed by atoms with van der Waals surface area (Å²) in [6, 6.07) is 0. The van der Waals surface area contributed by atoms with E-state index in [0.717, 1.165) is 18.7 Å². The van der Waals surface area contributed by atoms with Crippen LogP contribution in [0.25, 0.3) is 0 Å². The van der Waals surface area contributed by atoms with Crippen molar-refractivity contribution in [3.8, 4) is 0 Å². The molecule has 0 saturated heterocycles. The van der Waals surface area contributed by atoms with Crippen LogP contribution in [0.3, 0.4) is 0 Å². The van der Waals surface area contributed by atoms with Gasteiger partial charge in [0, 0.05) is 5.92 Å². The smallest absolute Gasteiger partial charge is 0.219 e. The molecule has 0 unspecified atom stereocenters. The lowest BCUT2D eigenvalue weighted by atomic mass is 10.0. The molecule has 0 aliphatic rings. The van der Waals surface area contributed by atoms with Gasteiger partial charge in [0.2, 0.25) is 12.3 Å². The van der Waals surface area contributed by atoms with Crippen molar-refractivity contribution in [3.05, 3.63) is 12.3 Å². The van der Waals surface area contributed by atoms with Crippen molar-refractivity contribution in [1.82, 2.24) is 10.2 Å². The van der Waals surface area contributed by atoms with Crippen molar-refractivity contribution in [3.63, 3.8) is 0 Å². The van der Waals surface area contributed by atoms with Crippen molar-refractivity contribution in [2.45, 2.75) is 32.6 Å². The van der Waals surface area contributed by atoms with E-state index in [9.17, 15) is 0 Å². The molecule has 0 amide bonds. The van der Waals surface area contributed by atoms with E-state index in [0.29, 0.717) is 5.92 Å². The Morgan fingerprint density at radius 3 is 2.60 bits per heavy atom. The van der Waals surface area contributed by atoms with E-state index in [1.165, 1.54) is 6.39 Å². The van der Waals surface area contributed by atoms with Gasteiger partial charge < -0.3 is 4.42 Å². The number of aromatic nitrogens is 2. The van der Waals surface area contributed by atoms with Crippen LogP contribution >= 0.6 is 0 Å². The SMILES string of the molecule is CCC(CC)c1nnco1. The third-order valence-corrected chi connectivity index (χ3v) is 1.71. The first-order valence-corrected chi connectivity index (χ1v) is 3.64. The van der Waals surface area contributed by atoms with Crippen LogP contribution in [0, 0.1) is 0 Å². The number of nitrogens with zero attached hydrogens (tertiary/aromatic N) is 2. The summed E-state index contributed by atoms with van der Waals surface area (Å²) in [7, 11) is 0.